The maximum Gasteiger partial charge on any atom is 0.191 e. The molecule has 25 heavy (non-hydrogen) atoms. The number of aliphatic imine (C=N–C) groups is 1. The van der Waals surface area contributed by atoms with Crippen molar-refractivity contribution in [3.63, 3.8) is 0 Å². The summed E-state index contributed by atoms with van der Waals surface area (Å²) in [6.07, 6.45) is 0.897. The Morgan fingerprint density at radius 2 is 2.00 bits per heavy atom. The van der Waals surface area contributed by atoms with Gasteiger partial charge >= 0.3 is 0 Å². The fourth-order valence-corrected chi connectivity index (χ4v) is 2.25. The number of hydrogen-bond acceptors (Lipinski definition) is 4. The highest BCUT2D eigenvalue weighted by Crippen LogP contribution is 2.33. The van der Waals surface area contributed by atoms with Crippen molar-refractivity contribution in [1.29, 1.82) is 0 Å². The third-order valence-electron chi connectivity index (χ3n) is 3.84. The van der Waals surface area contributed by atoms with Gasteiger partial charge in [0.1, 0.15) is 0 Å². The molecule has 0 saturated heterocycles. The summed E-state index contributed by atoms with van der Waals surface area (Å²) in [6.45, 7) is 9.47. The summed E-state index contributed by atoms with van der Waals surface area (Å²) in [5, 5.41) is 6.57. The van der Waals surface area contributed by atoms with Crippen LogP contribution in [0.25, 0.3) is 0 Å². The van der Waals surface area contributed by atoms with E-state index in [2.05, 4.69) is 15.6 Å². The normalized spacial score (nSPS) is 14.3. The van der Waals surface area contributed by atoms with Crippen molar-refractivity contribution in [3.05, 3.63) is 23.8 Å². The SMILES string of the molecule is CCNC(=NCc1cccc2c1OCCCO2)NCC(C)(C)OC.I. The molecule has 0 spiro atoms. The Kier molecular flexibility index (Phi) is 9.34. The van der Waals surface area contributed by atoms with Crippen LogP contribution in [0.15, 0.2) is 23.2 Å². The van der Waals surface area contributed by atoms with Gasteiger partial charge in [-0.3, -0.25) is 0 Å². The second-order valence-corrected chi connectivity index (χ2v) is 6.31. The minimum absolute atomic E-state index is 0. The second-order valence-electron chi connectivity index (χ2n) is 6.31. The van der Waals surface area contributed by atoms with Gasteiger partial charge < -0.3 is 24.8 Å². The molecule has 0 aliphatic carbocycles. The molecule has 6 nitrogen and oxygen atoms in total. The van der Waals surface area contributed by atoms with Gasteiger partial charge in [-0.2, -0.15) is 0 Å². The number of methoxy groups -OCH3 is 1. The molecular formula is C18H30IN3O3. The first-order chi connectivity index (χ1) is 11.6. The van der Waals surface area contributed by atoms with E-state index in [0.29, 0.717) is 26.3 Å². The largest absolute Gasteiger partial charge is 0.490 e. The molecule has 0 saturated carbocycles. The summed E-state index contributed by atoms with van der Waals surface area (Å²) in [5.41, 5.74) is 0.773. The zero-order chi connectivity index (χ0) is 17.4. The Morgan fingerprint density at radius 1 is 1.24 bits per heavy atom. The molecule has 1 aromatic rings. The molecular weight excluding hydrogens is 433 g/mol. The molecule has 2 rings (SSSR count). The van der Waals surface area contributed by atoms with Crippen molar-refractivity contribution < 1.29 is 14.2 Å². The molecule has 1 aliphatic heterocycles. The van der Waals surface area contributed by atoms with Gasteiger partial charge in [0.15, 0.2) is 17.5 Å². The van der Waals surface area contributed by atoms with Crippen LogP contribution >= 0.6 is 24.0 Å². The monoisotopic (exact) mass is 463 g/mol. The van der Waals surface area contributed by atoms with Crippen LogP contribution < -0.4 is 20.1 Å². The summed E-state index contributed by atoms with van der Waals surface area (Å²) in [4.78, 5) is 4.66. The zero-order valence-corrected chi connectivity index (χ0v) is 17.9. The first-order valence-corrected chi connectivity index (χ1v) is 8.50. The number of rotatable bonds is 6. The van der Waals surface area contributed by atoms with Crippen molar-refractivity contribution in [2.45, 2.75) is 39.3 Å². The van der Waals surface area contributed by atoms with Gasteiger partial charge in [-0.1, -0.05) is 12.1 Å². The quantitative estimate of drug-likeness (QED) is 0.386. The lowest BCUT2D eigenvalue weighted by Gasteiger charge is -2.24. The molecule has 0 aromatic heterocycles. The van der Waals surface area contributed by atoms with E-state index in [1.54, 1.807) is 7.11 Å². The van der Waals surface area contributed by atoms with Crippen molar-refractivity contribution in [3.8, 4) is 11.5 Å². The minimum atomic E-state index is -0.253. The molecule has 2 N–H and O–H groups in total. The van der Waals surface area contributed by atoms with Gasteiger partial charge in [0.05, 0.1) is 25.4 Å². The van der Waals surface area contributed by atoms with Gasteiger partial charge in [0, 0.05) is 32.2 Å². The Balaban J connectivity index is 0.00000312. The molecule has 0 radical (unpaired) electrons. The van der Waals surface area contributed by atoms with Gasteiger partial charge in [-0.05, 0) is 26.8 Å². The van der Waals surface area contributed by atoms with Crippen LogP contribution in [0, 0.1) is 0 Å². The highest BCUT2D eigenvalue weighted by atomic mass is 127. The number of nitrogens with zero attached hydrogens (tertiary/aromatic N) is 1. The molecule has 1 heterocycles. The topological polar surface area (TPSA) is 64.1 Å². The van der Waals surface area contributed by atoms with Crippen molar-refractivity contribution in [1.82, 2.24) is 10.6 Å². The van der Waals surface area contributed by atoms with Crippen LogP contribution in [0.3, 0.4) is 0 Å². The van der Waals surface area contributed by atoms with Crippen LogP contribution in [0.2, 0.25) is 0 Å². The van der Waals surface area contributed by atoms with E-state index in [0.717, 1.165) is 36.0 Å². The average Bonchev–Trinajstić information content (AvgIpc) is 2.83. The second kappa shape index (κ2) is 10.7. The number of ether oxygens (including phenoxy) is 3. The smallest absolute Gasteiger partial charge is 0.191 e. The van der Waals surface area contributed by atoms with Crippen molar-refractivity contribution in [2.24, 2.45) is 4.99 Å². The molecule has 0 unspecified atom stereocenters. The van der Waals surface area contributed by atoms with E-state index < -0.39 is 0 Å². The molecule has 0 fully saturated rings. The Morgan fingerprint density at radius 3 is 2.72 bits per heavy atom. The van der Waals surface area contributed by atoms with E-state index in [1.165, 1.54) is 0 Å². The number of fused-ring (bicyclic) bond motifs is 1. The summed E-state index contributed by atoms with van der Waals surface area (Å²) < 4.78 is 17.0. The molecule has 1 aromatic carbocycles. The van der Waals surface area contributed by atoms with E-state index in [4.69, 9.17) is 14.2 Å². The summed E-state index contributed by atoms with van der Waals surface area (Å²) in [7, 11) is 1.71. The van der Waals surface area contributed by atoms with Gasteiger partial charge in [-0.25, -0.2) is 4.99 Å². The highest BCUT2D eigenvalue weighted by Gasteiger charge is 2.17. The lowest BCUT2D eigenvalue weighted by atomic mass is 10.1. The van der Waals surface area contributed by atoms with Crippen LogP contribution in [-0.2, 0) is 11.3 Å². The minimum Gasteiger partial charge on any atom is -0.490 e. The van der Waals surface area contributed by atoms with Gasteiger partial charge in [-0.15, -0.1) is 24.0 Å². The molecule has 0 atom stereocenters. The summed E-state index contributed by atoms with van der Waals surface area (Å²) in [5.74, 6) is 2.38. The lowest BCUT2D eigenvalue weighted by Crippen LogP contribution is -2.45. The van der Waals surface area contributed by atoms with E-state index in [1.807, 2.05) is 39.0 Å². The molecule has 1 aliphatic rings. The number of para-hydroxylation sites is 1. The molecule has 0 amide bonds. The fraction of sp³-hybridized carbons (Fsp3) is 0.611. The highest BCUT2D eigenvalue weighted by molar-refractivity contribution is 14.0. The van der Waals surface area contributed by atoms with Gasteiger partial charge in [0.2, 0.25) is 0 Å². The molecule has 142 valence electrons. The maximum atomic E-state index is 5.85. The number of halogens is 1. The van der Waals surface area contributed by atoms with Crippen molar-refractivity contribution in [2.75, 3.05) is 33.4 Å². The molecule has 0 bridgehead atoms. The van der Waals surface area contributed by atoms with Crippen LogP contribution in [0.4, 0.5) is 0 Å². The van der Waals surface area contributed by atoms with Crippen LogP contribution in [-0.4, -0.2) is 45.0 Å². The van der Waals surface area contributed by atoms with E-state index in [-0.39, 0.29) is 29.6 Å². The fourth-order valence-electron chi connectivity index (χ4n) is 2.25. The number of guanidine groups is 1. The number of hydrogen-bond donors (Lipinski definition) is 2. The molecule has 7 heteroatoms. The van der Waals surface area contributed by atoms with Crippen LogP contribution in [0.1, 0.15) is 32.8 Å². The predicted molar refractivity (Wildman–Crippen MR) is 111 cm³/mol. The van der Waals surface area contributed by atoms with Crippen LogP contribution in [0.5, 0.6) is 11.5 Å². The lowest BCUT2D eigenvalue weighted by molar-refractivity contribution is 0.0268. The van der Waals surface area contributed by atoms with Gasteiger partial charge in [0.25, 0.3) is 0 Å². The maximum absolute atomic E-state index is 5.85. The number of benzene rings is 1. The summed E-state index contributed by atoms with van der Waals surface area (Å²) >= 11 is 0. The Hall–Kier alpha value is -1.22. The standard InChI is InChI=1S/C18H29N3O3.HI/c1-5-19-17(21-13-18(2,3)22-4)20-12-14-8-6-9-15-16(14)24-11-7-10-23-15;/h6,8-9H,5,7,10-13H2,1-4H3,(H2,19,20,21);1H. The Labute approximate surface area is 167 Å². The predicted octanol–water partition coefficient (Wildman–Crippen LogP) is 2.95. The number of nitrogens with one attached hydrogen (secondary N) is 2. The summed E-state index contributed by atoms with van der Waals surface area (Å²) in [6, 6.07) is 5.95. The van der Waals surface area contributed by atoms with E-state index in [9.17, 15) is 0 Å². The third kappa shape index (κ3) is 6.89. The van der Waals surface area contributed by atoms with E-state index >= 15 is 0 Å². The van der Waals surface area contributed by atoms with Crippen molar-refractivity contribution >= 4 is 29.9 Å². The average molecular weight is 463 g/mol. The third-order valence-corrected chi connectivity index (χ3v) is 3.84. The Bertz CT molecular complexity index is 564. The first kappa shape index (κ1) is 21.8. The first-order valence-electron chi connectivity index (χ1n) is 8.50. The zero-order valence-electron chi connectivity index (χ0n) is 15.6.